The number of carbonyl (C=O) groups excluding carboxylic acids is 2. The summed E-state index contributed by atoms with van der Waals surface area (Å²) in [5, 5.41) is 0.166. The van der Waals surface area contributed by atoms with Gasteiger partial charge in [-0.3, -0.25) is 4.79 Å². The fourth-order valence-corrected chi connectivity index (χ4v) is 4.19. The molecule has 0 radical (unpaired) electrons. The van der Waals surface area contributed by atoms with E-state index in [0.717, 1.165) is 12.3 Å². The zero-order valence-electron chi connectivity index (χ0n) is 17.6. The monoisotopic (exact) mass is 505 g/mol. The Morgan fingerprint density at radius 1 is 0.971 bits per heavy atom. The summed E-state index contributed by atoms with van der Waals surface area (Å²) < 4.78 is 46.4. The van der Waals surface area contributed by atoms with E-state index >= 15 is 0 Å². The first-order valence-corrected chi connectivity index (χ1v) is 10.9. The summed E-state index contributed by atoms with van der Waals surface area (Å²) in [6, 6.07) is 14.6. The minimum absolute atomic E-state index is 0.00754. The lowest BCUT2D eigenvalue weighted by molar-refractivity contribution is -0.137. The summed E-state index contributed by atoms with van der Waals surface area (Å²) in [6.07, 6.45) is -3.74. The van der Waals surface area contributed by atoms with Gasteiger partial charge < -0.3 is 9.14 Å². The van der Waals surface area contributed by atoms with E-state index in [1.807, 2.05) is 0 Å². The van der Waals surface area contributed by atoms with Crippen molar-refractivity contribution in [3.8, 4) is 11.1 Å². The van der Waals surface area contributed by atoms with Crippen LogP contribution in [0.5, 0.6) is 0 Å². The Morgan fingerprint density at radius 3 is 2.21 bits per heavy atom. The summed E-state index contributed by atoms with van der Waals surface area (Å²) in [5.74, 6) is -1.12. The fraction of sp³-hybridized carbons (Fsp3) is 0.120. The highest BCUT2D eigenvalue weighted by molar-refractivity contribution is 6.41. The first kappa shape index (κ1) is 23.9. The number of ketones is 1. The lowest BCUT2D eigenvalue weighted by Gasteiger charge is -2.10. The van der Waals surface area contributed by atoms with Crippen molar-refractivity contribution in [2.24, 2.45) is 0 Å². The van der Waals surface area contributed by atoms with Gasteiger partial charge in [0, 0.05) is 11.8 Å². The standard InChI is InChI=1S/C25H16Cl2F3NO3/c1-2-34-24(33)15-8-6-14(7-9-15)17-12-21(23(32)22-18(26)4-3-5-19(22)27)31-13-16(25(28,29)30)10-11-20(17)31/h3-13H,2H2,1H3. The molecule has 34 heavy (non-hydrogen) atoms. The lowest BCUT2D eigenvalue weighted by atomic mass is 10.0. The Balaban J connectivity index is 1.91. The smallest absolute Gasteiger partial charge is 0.417 e. The molecule has 9 heteroatoms. The first-order valence-electron chi connectivity index (χ1n) is 10.1. The molecule has 0 fully saturated rings. The number of rotatable bonds is 5. The molecule has 2 aromatic heterocycles. The van der Waals surface area contributed by atoms with Gasteiger partial charge in [0.2, 0.25) is 5.78 Å². The van der Waals surface area contributed by atoms with E-state index in [2.05, 4.69) is 0 Å². The third kappa shape index (κ3) is 4.41. The molecule has 2 heterocycles. The molecule has 0 amide bonds. The van der Waals surface area contributed by atoms with Gasteiger partial charge in [0.25, 0.3) is 0 Å². The van der Waals surface area contributed by atoms with Crippen molar-refractivity contribution < 1.29 is 27.5 Å². The number of alkyl halides is 3. The maximum atomic E-state index is 13.4. The number of halogens is 5. The van der Waals surface area contributed by atoms with Crippen LogP contribution in [0.15, 0.2) is 66.9 Å². The molecular formula is C25H16Cl2F3NO3. The molecule has 0 saturated heterocycles. The zero-order chi connectivity index (χ0) is 24.6. The summed E-state index contributed by atoms with van der Waals surface area (Å²) in [7, 11) is 0. The number of esters is 1. The molecule has 0 aliphatic carbocycles. The largest absolute Gasteiger partial charge is 0.462 e. The van der Waals surface area contributed by atoms with Crippen molar-refractivity contribution in [1.82, 2.24) is 4.40 Å². The molecule has 4 nitrogen and oxygen atoms in total. The molecule has 0 spiro atoms. The molecule has 174 valence electrons. The molecule has 4 aromatic rings. The van der Waals surface area contributed by atoms with Crippen LogP contribution in [-0.4, -0.2) is 22.8 Å². The van der Waals surface area contributed by atoms with E-state index < -0.39 is 23.5 Å². The van der Waals surface area contributed by atoms with Gasteiger partial charge >= 0.3 is 12.1 Å². The van der Waals surface area contributed by atoms with Gasteiger partial charge in [-0.05, 0) is 55.0 Å². The second kappa shape index (κ2) is 9.16. The van der Waals surface area contributed by atoms with Crippen molar-refractivity contribution in [2.75, 3.05) is 6.61 Å². The van der Waals surface area contributed by atoms with Gasteiger partial charge in [0.05, 0.1) is 44.6 Å². The Kier molecular flexibility index (Phi) is 6.43. The highest BCUT2D eigenvalue weighted by Crippen LogP contribution is 2.35. The highest BCUT2D eigenvalue weighted by atomic mass is 35.5. The Bertz CT molecular complexity index is 1390. The van der Waals surface area contributed by atoms with Crippen molar-refractivity contribution in [2.45, 2.75) is 13.1 Å². The van der Waals surface area contributed by atoms with Crippen LogP contribution in [0.1, 0.15) is 38.9 Å². The molecule has 0 unspecified atom stereocenters. The summed E-state index contributed by atoms with van der Waals surface area (Å²) in [6.45, 7) is 1.92. The van der Waals surface area contributed by atoms with E-state index in [1.165, 1.54) is 28.7 Å². The SMILES string of the molecule is CCOC(=O)c1ccc(-c2cc(C(=O)c3c(Cl)cccc3Cl)n3cc(C(F)(F)F)ccc23)cc1. The topological polar surface area (TPSA) is 47.8 Å². The Hall–Kier alpha value is -3.29. The second-order valence-electron chi connectivity index (χ2n) is 7.34. The predicted molar refractivity (Wildman–Crippen MR) is 124 cm³/mol. The number of nitrogens with zero attached hydrogens (tertiary/aromatic N) is 1. The lowest BCUT2D eigenvalue weighted by Crippen LogP contribution is -2.10. The van der Waals surface area contributed by atoms with Gasteiger partial charge in [0.1, 0.15) is 0 Å². The van der Waals surface area contributed by atoms with Crippen LogP contribution in [0, 0.1) is 0 Å². The van der Waals surface area contributed by atoms with Crippen LogP contribution >= 0.6 is 23.2 Å². The third-order valence-corrected chi connectivity index (χ3v) is 5.85. The van der Waals surface area contributed by atoms with E-state index in [-0.39, 0.29) is 27.9 Å². The molecule has 0 bridgehead atoms. The number of benzene rings is 2. The van der Waals surface area contributed by atoms with Gasteiger partial charge in [-0.2, -0.15) is 13.2 Å². The van der Waals surface area contributed by atoms with Gasteiger partial charge in [-0.25, -0.2) is 4.79 Å². The van der Waals surface area contributed by atoms with Crippen LogP contribution in [0.2, 0.25) is 10.0 Å². The Labute approximate surface area is 202 Å². The first-order chi connectivity index (χ1) is 16.1. The van der Waals surface area contributed by atoms with E-state index in [4.69, 9.17) is 27.9 Å². The number of fused-ring (bicyclic) bond motifs is 1. The van der Waals surface area contributed by atoms with E-state index in [0.29, 0.717) is 22.2 Å². The van der Waals surface area contributed by atoms with Crippen molar-refractivity contribution in [3.05, 3.63) is 99.3 Å². The number of pyridine rings is 1. The Morgan fingerprint density at radius 2 is 1.62 bits per heavy atom. The minimum Gasteiger partial charge on any atom is -0.462 e. The minimum atomic E-state index is -4.61. The van der Waals surface area contributed by atoms with Gasteiger partial charge in [-0.15, -0.1) is 0 Å². The van der Waals surface area contributed by atoms with Gasteiger partial charge in [-0.1, -0.05) is 41.4 Å². The number of carbonyl (C=O) groups is 2. The average molecular weight is 506 g/mol. The van der Waals surface area contributed by atoms with Crippen LogP contribution < -0.4 is 0 Å². The second-order valence-corrected chi connectivity index (χ2v) is 8.15. The maximum absolute atomic E-state index is 13.4. The quantitative estimate of drug-likeness (QED) is 0.210. The fourth-order valence-electron chi connectivity index (χ4n) is 3.62. The number of hydrogen-bond donors (Lipinski definition) is 0. The molecule has 0 aliphatic heterocycles. The average Bonchev–Trinajstić information content (AvgIpc) is 3.17. The highest BCUT2D eigenvalue weighted by Gasteiger charge is 2.32. The maximum Gasteiger partial charge on any atom is 0.417 e. The molecule has 2 aromatic carbocycles. The molecule has 4 rings (SSSR count). The van der Waals surface area contributed by atoms with Crippen LogP contribution in [0.25, 0.3) is 16.6 Å². The van der Waals surface area contributed by atoms with Crippen LogP contribution in [0.4, 0.5) is 13.2 Å². The molecule has 0 aliphatic rings. The number of ether oxygens (including phenoxy) is 1. The summed E-state index contributed by atoms with van der Waals surface area (Å²) in [5.41, 5.74) is 0.813. The van der Waals surface area contributed by atoms with Crippen LogP contribution in [-0.2, 0) is 10.9 Å². The van der Waals surface area contributed by atoms with Crippen LogP contribution in [0.3, 0.4) is 0 Å². The van der Waals surface area contributed by atoms with Crippen molar-refractivity contribution >= 4 is 40.5 Å². The third-order valence-electron chi connectivity index (χ3n) is 5.22. The van der Waals surface area contributed by atoms with E-state index in [1.54, 1.807) is 37.3 Å². The summed E-state index contributed by atoms with van der Waals surface area (Å²) in [4.78, 5) is 25.3. The van der Waals surface area contributed by atoms with Crippen molar-refractivity contribution in [1.29, 1.82) is 0 Å². The molecule has 0 saturated carbocycles. The molecule has 0 atom stereocenters. The summed E-state index contributed by atoms with van der Waals surface area (Å²) >= 11 is 12.4. The number of aromatic nitrogens is 1. The van der Waals surface area contributed by atoms with E-state index in [9.17, 15) is 22.8 Å². The molecule has 0 N–H and O–H groups in total. The zero-order valence-corrected chi connectivity index (χ0v) is 19.1. The van der Waals surface area contributed by atoms with Crippen molar-refractivity contribution in [3.63, 3.8) is 0 Å². The predicted octanol–water partition coefficient (Wildman–Crippen LogP) is 7.34. The number of hydrogen-bond acceptors (Lipinski definition) is 3. The molecular weight excluding hydrogens is 490 g/mol. The normalized spacial score (nSPS) is 11.6. The van der Waals surface area contributed by atoms with Gasteiger partial charge in [0.15, 0.2) is 0 Å².